The van der Waals surface area contributed by atoms with Gasteiger partial charge < -0.3 is 14.5 Å². The largest absolute Gasteiger partial charge is 0.497 e. The van der Waals surface area contributed by atoms with Gasteiger partial charge in [0, 0.05) is 37.4 Å². The Bertz CT molecular complexity index is 635. The number of hydrogen-bond acceptors (Lipinski definition) is 3. The molecule has 2 aromatic carbocycles. The maximum Gasteiger partial charge on any atom is 0.254 e. The molecule has 1 fully saturated rings. The van der Waals surface area contributed by atoms with Crippen LogP contribution in [0.3, 0.4) is 0 Å². The van der Waals surface area contributed by atoms with E-state index in [-0.39, 0.29) is 5.91 Å². The predicted octanol–water partition coefficient (Wildman–Crippen LogP) is 2.66. The molecule has 4 heteroatoms. The number of hydrogen-bond donors (Lipinski definition) is 0. The van der Waals surface area contributed by atoms with Crippen molar-refractivity contribution in [1.82, 2.24) is 4.90 Å². The topological polar surface area (TPSA) is 32.8 Å². The van der Waals surface area contributed by atoms with Gasteiger partial charge in [-0.2, -0.15) is 0 Å². The number of carbonyl (C=O) groups excluding carboxylic acids is 1. The molecule has 1 heterocycles. The van der Waals surface area contributed by atoms with Crippen LogP contribution in [-0.2, 0) is 0 Å². The summed E-state index contributed by atoms with van der Waals surface area (Å²) in [5.41, 5.74) is 1.91. The molecule has 1 aliphatic rings. The maximum absolute atomic E-state index is 12.6. The zero-order valence-electron chi connectivity index (χ0n) is 12.7. The quantitative estimate of drug-likeness (QED) is 0.873. The number of ether oxygens (including phenoxy) is 1. The Kier molecular flexibility index (Phi) is 4.28. The average Bonchev–Trinajstić information content (AvgIpc) is 2.62. The summed E-state index contributed by atoms with van der Waals surface area (Å²) in [6, 6.07) is 17.7. The molecule has 1 aliphatic heterocycles. The highest BCUT2D eigenvalue weighted by molar-refractivity contribution is 5.94. The van der Waals surface area contributed by atoms with Gasteiger partial charge in [-0.05, 0) is 30.3 Å². The number of methoxy groups -OCH3 is 1. The lowest BCUT2D eigenvalue weighted by atomic mass is 10.1. The highest BCUT2D eigenvalue weighted by atomic mass is 16.5. The molecule has 1 saturated heterocycles. The Labute approximate surface area is 130 Å². The lowest BCUT2D eigenvalue weighted by molar-refractivity contribution is 0.0746. The fourth-order valence-corrected chi connectivity index (χ4v) is 2.75. The van der Waals surface area contributed by atoms with Gasteiger partial charge in [0.25, 0.3) is 5.91 Å². The van der Waals surface area contributed by atoms with Crippen molar-refractivity contribution in [2.24, 2.45) is 0 Å². The first-order chi connectivity index (χ1) is 10.8. The van der Waals surface area contributed by atoms with Gasteiger partial charge in [-0.15, -0.1) is 0 Å². The minimum atomic E-state index is 0.0756. The van der Waals surface area contributed by atoms with Gasteiger partial charge in [-0.1, -0.05) is 24.3 Å². The molecule has 0 radical (unpaired) electrons. The summed E-state index contributed by atoms with van der Waals surface area (Å²) in [6.45, 7) is 3.20. The molecule has 0 aliphatic carbocycles. The van der Waals surface area contributed by atoms with Gasteiger partial charge in [-0.25, -0.2) is 0 Å². The van der Waals surface area contributed by atoms with Crippen molar-refractivity contribution >= 4 is 11.6 Å². The van der Waals surface area contributed by atoms with Crippen molar-refractivity contribution < 1.29 is 9.53 Å². The minimum absolute atomic E-state index is 0.0756. The summed E-state index contributed by atoms with van der Waals surface area (Å²) in [4.78, 5) is 16.8. The zero-order chi connectivity index (χ0) is 15.4. The van der Waals surface area contributed by atoms with Crippen LogP contribution in [0.4, 0.5) is 5.69 Å². The number of carbonyl (C=O) groups is 1. The van der Waals surface area contributed by atoms with E-state index >= 15 is 0 Å². The van der Waals surface area contributed by atoms with Gasteiger partial charge in [0.05, 0.1) is 7.11 Å². The highest BCUT2D eigenvalue weighted by Gasteiger charge is 2.22. The van der Waals surface area contributed by atoms with E-state index in [0.717, 1.165) is 26.2 Å². The van der Waals surface area contributed by atoms with Crippen molar-refractivity contribution in [3.05, 3.63) is 60.2 Å². The van der Waals surface area contributed by atoms with Crippen LogP contribution in [0.5, 0.6) is 5.75 Å². The molecular weight excluding hydrogens is 276 g/mol. The number of benzene rings is 2. The Morgan fingerprint density at radius 2 is 1.68 bits per heavy atom. The van der Waals surface area contributed by atoms with E-state index in [1.807, 2.05) is 41.3 Å². The van der Waals surface area contributed by atoms with E-state index in [2.05, 4.69) is 17.0 Å². The van der Waals surface area contributed by atoms with E-state index in [1.165, 1.54) is 5.69 Å². The van der Waals surface area contributed by atoms with Gasteiger partial charge in [0.15, 0.2) is 0 Å². The van der Waals surface area contributed by atoms with Gasteiger partial charge in [0.1, 0.15) is 5.75 Å². The standard InChI is InChI=1S/C18H20N2O2/c1-22-17-9-5-6-15(14-17)18(21)20-12-10-19(11-13-20)16-7-3-2-4-8-16/h2-9,14H,10-13H2,1H3. The Morgan fingerprint density at radius 1 is 0.955 bits per heavy atom. The van der Waals surface area contributed by atoms with Crippen LogP contribution in [0.15, 0.2) is 54.6 Å². The zero-order valence-corrected chi connectivity index (χ0v) is 12.7. The molecule has 0 N–H and O–H groups in total. The molecule has 22 heavy (non-hydrogen) atoms. The lowest BCUT2D eigenvalue weighted by Gasteiger charge is -2.36. The second kappa shape index (κ2) is 6.52. The van der Waals surface area contributed by atoms with Gasteiger partial charge in [-0.3, -0.25) is 4.79 Å². The second-order valence-corrected chi connectivity index (χ2v) is 5.35. The third-order valence-electron chi connectivity index (χ3n) is 4.00. The molecule has 3 rings (SSSR count). The first kappa shape index (κ1) is 14.4. The van der Waals surface area contributed by atoms with Gasteiger partial charge >= 0.3 is 0 Å². The van der Waals surface area contributed by atoms with E-state index in [0.29, 0.717) is 11.3 Å². The lowest BCUT2D eigenvalue weighted by Crippen LogP contribution is -2.48. The monoisotopic (exact) mass is 296 g/mol. The van der Waals surface area contributed by atoms with Crippen LogP contribution in [0.25, 0.3) is 0 Å². The molecule has 2 aromatic rings. The van der Waals surface area contributed by atoms with Crippen molar-refractivity contribution in [3.63, 3.8) is 0 Å². The molecule has 0 atom stereocenters. The predicted molar refractivity (Wildman–Crippen MR) is 87.6 cm³/mol. The molecule has 1 amide bonds. The smallest absolute Gasteiger partial charge is 0.254 e. The van der Waals surface area contributed by atoms with E-state index in [9.17, 15) is 4.79 Å². The number of para-hydroxylation sites is 1. The van der Waals surface area contributed by atoms with Crippen molar-refractivity contribution in [1.29, 1.82) is 0 Å². The van der Waals surface area contributed by atoms with Crippen LogP contribution >= 0.6 is 0 Å². The summed E-state index contributed by atoms with van der Waals surface area (Å²) in [5.74, 6) is 0.792. The van der Waals surface area contributed by atoms with Crippen molar-refractivity contribution in [3.8, 4) is 5.75 Å². The third-order valence-corrected chi connectivity index (χ3v) is 4.00. The maximum atomic E-state index is 12.6. The molecule has 114 valence electrons. The van der Waals surface area contributed by atoms with Gasteiger partial charge in [0.2, 0.25) is 0 Å². The van der Waals surface area contributed by atoms with Crippen molar-refractivity contribution in [2.45, 2.75) is 0 Å². The van der Waals surface area contributed by atoms with E-state index < -0.39 is 0 Å². The first-order valence-corrected chi connectivity index (χ1v) is 7.51. The van der Waals surface area contributed by atoms with Crippen LogP contribution in [0.2, 0.25) is 0 Å². The first-order valence-electron chi connectivity index (χ1n) is 7.51. The Balaban J connectivity index is 1.64. The molecule has 0 bridgehead atoms. The fourth-order valence-electron chi connectivity index (χ4n) is 2.75. The number of amides is 1. The average molecular weight is 296 g/mol. The molecule has 0 spiro atoms. The molecule has 0 saturated carbocycles. The molecular formula is C18H20N2O2. The molecule has 0 aromatic heterocycles. The summed E-state index contributed by atoms with van der Waals surface area (Å²) in [5, 5.41) is 0. The third kappa shape index (κ3) is 3.06. The van der Waals surface area contributed by atoms with Crippen LogP contribution in [-0.4, -0.2) is 44.1 Å². The summed E-state index contributed by atoms with van der Waals surface area (Å²) >= 11 is 0. The second-order valence-electron chi connectivity index (χ2n) is 5.35. The summed E-state index contributed by atoms with van der Waals surface area (Å²) in [7, 11) is 1.61. The Hall–Kier alpha value is -2.49. The van der Waals surface area contributed by atoms with E-state index in [4.69, 9.17) is 4.74 Å². The molecule has 0 unspecified atom stereocenters. The van der Waals surface area contributed by atoms with Crippen LogP contribution in [0, 0.1) is 0 Å². The van der Waals surface area contributed by atoms with E-state index in [1.54, 1.807) is 13.2 Å². The number of piperazine rings is 1. The SMILES string of the molecule is COc1cccc(C(=O)N2CCN(c3ccccc3)CC2)c1. The number of rotatable bonds is 3. The van der Waals surface area contributed by atoms with Crippen LogP contribution in [0.1, 0.15) is 10.4 Å². The summed E-state index contributed by atoms with van der Waals surface area (Å²) in [6.07, 6.45) is 0. The fraction of sp³-hybridized carbons (Fsp3) is 0.278. The summed E-state index contributed by atoms with van der Waals surface area (Å²) < 4.78 is 5.19. The minimum Gasteiger partial charge on any atom is -0.497 e. The van der Waals surface area contributed by atoms with Crippen molar-refractivity contribution in [2.75, 3.05) is 38.2 Å². The van der Waals surface area contributed by atoms with Crippen LogP contribution < -0.4 is 9.64 Å². The number of anilines is 1. The highest BCUT2D eigenvalue weighted by Crippen LogP contribution is 2.18. The molecule has 4 nitrogen and oxygen atoms in total. The number of nitrogens with zero attached hydrogens (tertiary/aromatic N) is 2. The normalized spacial score (nSPS) is 14.8. The Morgan fingerprint density at radius 3 is 2.36 bits per heavy atom.